The molecule has 0 heterocycles. The Morgan fingerprint density at radius 1 is 1.50 bits per heavy atom. The first-order valence-corrected chi connectivity index (χ1v) is 6.22. The zero-order valence-electron chi connectivity index (χ0n) is 7.33. The average molecular weight is 191 g/mol. The maximum absolute atomic E-state index is 10.4. The van der Waals surface area contributed by atoms with Gasteiger partial charge in [0.2, 0.25) is 0 Å². The number of rotatable bonds is 4. The lowest BCUT2D eigenvalue weighted by Gasteiger charge is -2.07. The fourth-order valence-electron chi connectivity index (χ4n) is 1.92. The molecular formula is C8H18NO2P. The van der Waals surface area contributed by atoms with Gasteiger partial charge in [-0.1, -0.05) is 0 Å². The molecule has 1 aliphatic carbocycles. The molecule has 1 aliphatic rings. The van der Waals surface area contributed by atoms with Crippen molar-refractivity contribution in [3.63, 3.8) is 0 Å². The summed E-state index contributed by atoms with van der Waals surface area (Å²) in [5.41, 5.74) is 5.75. The van der Waals surface area contributed by atoms with Crippen molar-refractivity contribution in [1.82, 2.24) is 0 Å². The zero-order valence-corrected chi connectivity index (χ0v) is 8.33. The largest absolute Gasteiger partial charge is 0.346 e. The summed E-state index contributed by atoms with van der Waals surface area (Å²) >= 11 is 0. The molecule has 0 spiro atoms. The molecule has 0 saturated heterocycles. The zero-order chi connectivity index (χ0) is 8.97. The van der Waals surface area contributed by atoms with Gasteiger partial charge in [0, 0.05) is 12.2 Å². The first-order chi connectivity index (χ1) is 5.68. The second-order valence-corrected chi connectivity index (χ2v) is 5.01. The molecule has 1 rings (SSSR count). The highest BCUT2D eigenvalue weighted by molar-refractivity contribution is 7.37. The van der Waals surface area contributed by atoms with Crippen LogP contribution in [-0.2, 0) is 4.57 Å². The van der Waals surface area contributed by atoms with Gasteiger partial charge in [0.15, 0.2) is 8.03 Å². The van der Waals surface area contributed by atoms with E-state index in [9.17, 15) is 4.57 Å². The minimum Gasteiger partial charge on any atom is -0.346 e. The van der Waals surface area contributed by atoms with E-state index >= 15 is 0 Å². The Labute approximate surface area is 74.2 Å². The highest BCUT2D eigenvalue weighted by Crippen LogP contribution is 2.29. The lowest BCUT2D eigenvalue weighted by atomic mass is 10.0. The third kappa shape index (κ3) is 3.70. The minimum absolute atomic E-state index is 0.390. The molecule has 12 heavy (non-hydrogen) atoms. The van der Waals surface area contributed by atoms with Gasteiger partial charge in [-0.25, -0.2) is 0 Å². The van der Waals surface area contributed by atoms with Crippen LogP contribution in [0.1, 0.15) is 32.1 Å². The van der Waals surface area contributed by atoms with E-state index in [1.807, 2.05) is 0 Å². The second-order valence-electron chi connectivity index (χ2n) is 3.73. The van der Waals surface area contributed by atoms with E-state index < -0.39 is 8.03 Å². The maximum atomic E-state index is 10.4. The maximum Gasteiger partial charge on any atom is 0.189 e. The summed E-state index contributed by atoms with van der Waals surface area (Å²) in [5, 5.41) is 0. The normalized spacial score (nSPS) is 32.2. The van der Waals surface area contributed by atoms with Crippen LogP contribution in [0.3, 0.4) is 0 Å². The predicted molar refractivity (Wildman–Crippen MR) is 50.6 cm³/mol. The molecule has 1 fully saturated rings. The van der Waals surface area contributed by atoms with Gasteiger partial charge in [0.1, 0.15) is 0 Å². The van der Waals surface area contributed by atoms with Crippen LogP contribution >= 0.6 is 8.03 Å². The molecule has 0 radical (unpaired) electrons. The van der Waals surface area contributed by atoms with E-state index in [0.29, 0.717) is 12.2 Å². The molecule has 1 saturated carbocycles. The third-order valence-electron chi connectivity index (χ3n) is 2.58. The molecule has 0 aromatic carbocycles. The summed E-state index contributed by atoms with van der Waals surface area (Å²) in [6.07, 6.45) is 5.95. The van der Waals surface area contributed by atoms with Gasteiger partial charge in [-0.15, -0.1) is 0 Å². The Morgan fingerprint density at radius 2 is 2.25 bits per heavy atom. The molecule has 3 nitrogen and oxygen atoms in total. The molecule has 0 bridgehead atoms. The van der Waals surface area contributed by atoms with Crippen LogP contribution in [0.25, 0.3) is 0 Å². The highest BCUT2D eigenvalue weighted by Gasteiger charge is 2.20. The van der Waals surface area contributed by atoms with Gasteiger partial charge >= 0.3 is 0 Å². The molecule has 0 aliphatic heterocycles. The average Bonchev–Trinajstić information content (AvgIpc) is 2.35. The predicted octanol–water partition coefficient (Wildman–Crippen LogP) is 1.36. The standard InChI is InChI=1S/C8H18NO2P/c9-8-4-3-7(6-8)2-1-5-12(10)11/h7-8,12H,1-6,9H2,(H,10,11)/t7-,8-/m1/s1. The summed E-state index contributed by atoms with van der Waals surface area (Å²) < 4.78 is 10.4. The van der Waals surface area contributed by atoms with Crippen molar-refractivity contribution >= 4 is 8.03 Å². The Bertz CT molecular complexity index is 163. The molecule has 0 aromatic heterocycles. The molecule has 0 aromatic rings. The van der Waals surface area contributed by atoms with Gasteiger partial charge in [-0.2, -0.15) is 0 Å². The fraction of sp³-hybridized carbons (Fsp3) is 1.00. The van der Waals surface area contributed by atoms with E-state index in [4.69, 9.17) is 10.6 Å². The van der Waals surface area contributed by atoms with Crippen LogP contribution in [0.15, 0.2) is 0 Å². The van der Waals surface area contributed by atoms with Crippen molar-refractivity contribution in [2.75, 3.05) is 6.16 Å². The summed E-state index contributed by atoms with van der Waals surface area (Å²) in [5.74, 6) is 0.723. The first-order valence-electron chi connectivity index (χ1n) is 4.66. The summed E-state index contributed by atoms with van der Waals surface area (Å²) in [4.78, 5) is 8.60. The van der Waals surface area contributed by atoms with E-state index in [2.05, 4.69) is 0 Å². The monoisotopic (exact) mass is 191 g/mol. The fourth-order valence-corrected chi connectivity index (χ4v) is 2.42. The smallest absolute Gasteiger partial charge is 0.189 e. The van der Waals surface area contributed by atoms with Gasteiger partial charge in [0.25, 0.3) is 0 Å². The van der Waals surface area contributed by atoms with Gasteiger partial charge in [-0.3, -0.25) is 4.57 Å². The summed E-state index contributed by atoms with van der Waals surface area (Å²) in [7, 11) is -2.22. The number of nitrogens with two attached hydrogens (primary N) is 1. The molecule has 4 heteroatoms. The minimum atomic E-state index is -2.22. The van der Waals surface area contributed by atoms with Crippen LogP contribution in [0.2, 0.25) is 0 Å². The van der Waals surface area contributed by atoms with Crippen molar-refractivity contribution in [3.8, 4) is 0 Å². The van der Waals surface area contributed by atoms with Crippen molar-refractivity contribution in [2.45, 2.75) is 38.1 Å². The van der Waals surface area contributed by atoms with Gasteiger partial charge in [-0.05, 0) is 38.0 Å². The Kier molecular flexibility index (Phi) is 4.27. The van der Waals surface area contributed by atoms with E-state index in [0.717, 1.165) is 31.6 Å². The van der Waals surface area contributed by atoms with E-state index in [1.54, 1.807) is 0 Å². The van der Waals surface area contributed by atoms with E-state index in [-0.39, 0.29) is 0 Å². The second kappa shape index (κ2) is 5.00. The SMILES string of the molecule is N[C@@H]1CC[C@@H](CCC[PH](=O)O)C1. The number of hydrogen-bond acceptors (Lipinski definition) is 2. The van der Waals surface area contributed by atoms with Crippen molar-refractivity contribution in [1.29, 1.82) is 0 Å². The summed E-state index contributed by atoms with van der Waals surface area (Å²) in [6.45, 7) is 0. The molecule has 3 N–H and O–H groups in total. The molecule has 3 atom stereocenters. The van der Waals surface area contributed by atoms with Crippen LogP contribution in [0.4, 0.5) is 0 Å². The van der Waals surface area contributed by atoms with Crippen LogP contribution in [-0.4, -0.2) is 17.1 Å². The van der Waals surface area contributed by atoms with E-state index in [1.165, 1.54) is 6.42 Å². The Morgan fingerprint density at radius 3 is 2.75 bits per heavy atom. The third-order valence-corrected chi connectivity index (χ3v) is 3.37. The lowest BCUT2D eigenvalue weighted by molar-refractivity contribution is 0.472. The topological polar surface area (TPSA) is 63.3 Å². The molecule has 1 unspecified atom stereocenters. The van der Waals surface area contributed by atoms with Gasteiger partial charge < -0.3 is 10.6 Å². The highest BCUT2D eigenvalue weighted by atomic mass is 31.1. The van der Waals surface area contributed by atoms with Crippen molar-refractivity contribution in [3.05, 3.63) is 0 Å². The van der Waals surface area contributed by atoms with Crippen LogP contribution in [0.5, 0.6) is 0 Å². The molecule has 0 amide bonds. The van der Waals surface area contributed by atoms with Crippen molar-refractivity contribution < 1.29 is 9.46 Å². The molecular weight excluding hydrogens is 173 g/mol. The van der Waals surface area contributed by atoms with Crippen LogP contribution < -0.4 is 5.73 Å². The first kappa shape index (κ1) is 10.2. The van der Waals surface area contributed by atoms with Crippen LogP contribution in [0, 0.1) is 5.92 Å². The van der Waals surface area contributed by atoms with Gasteiger partial charge in [0.05, 0.1) is 0 Å². The Balaban J connectivity index is 2.04. The number of hydrogen-bond donors (Lipinski definition) is 2. The lowest BCUT2D eigenvalue weighted by Crippen LogP contribution is -2.14. The molecule has 72 valence electrons. The summed E-state index contributed by atoms with van der Waals surface area (Å²) in [6, 6.07) is 0.390. The quantitative estimate of drug-likeness (QED) is 0.659. The van der Waals surface area contributed by atoms with Crippen molar-refractivity contribution in [2.24, 2.45) is 11.7 Å². The Hall–Kier alpha value is 0.150.